The minimum Gasteiger partial charge on any atom is -0.481 e. The number of hydrogen-bond donors (Lipinski definition) is 2. The van der Waals surface area contributed by atoms with Gasteiger partial charge in [-0.25, -0.2) is 0 Å². The van der Waals surface area contributed by atoms with E-state index in [9.17, 15) is 9.59 Å². The van der Waals surface area contributed by atoms with Crippen LogP contribution in [0.4, 0.5) is 5.69 Å². The number of benzene rings is 1. The molecule has 1 atom stereocenters. The topological polar surface area (TPSA) is 69.6 Å². The van der Waals surface area contributed by atoms with Crippen molar-refractivity contribution in [1.29, 1.82) is 0 Å². The van der Waals surface area contributed by atoms with Crippen LogP contribution in [0.2, 0.25) is 0 Å². The summed E-state index contributed by atoms with van der Waals surface area (Å²) in [6.07, 6.45) is 1.80. The first-order valence-corrected chi connectivity index (χ1v) is 7.38. The number of piperidine rings is 1. The normalized spacial score (nSPS) is 18.2. The van der Waals surface area contributed by atoms with Gasteiger partial charge in [-0.15, -0.1) is 0 Å². The van der Waals surface area contributed by atoms with Crippen LogP contribution < -0.4 is 10.2 Å². The largest absolute Gasteiger partial charge is 0.481 e. The fourth-order valence-electron chi connectivity index (χ4n) is 2.58. The Morgan fingerprint density at radius 1 is 1.33 bits per heavy atom. The van der Waals surface area contributed by atoms with Crippen LogP contribution in [0.3, 0.4) is 0 Å². The fourth-order valence-corrected chi connectivity index (χ4v) is 2.58. The number of rotatable bonds is 5. The molecule has 1 saturated heterocycles. The third kappa shape index (κ3) is 4.29. The van der Waals surface area contributed by atoms with Crippen molar-refractivity contribution < 1.29 is 14.7 Å². The van der Waals surface area contributed by atoms with Crippen LogP contribution in [0, 0.1) is 12.8 Å². The van der Waals surface area contributed by atoms with Gasteiger partial charge in [-0.3, -0.25) is 9.59 Å². The van der Waals surface area contributed by atoms with Crippen LogP contribution in [0.25, 0.3) is 0 Å². The maximum absolute atomic E-state index is 12.7. The molecule has 114 valence electrons. The van der Waals surface area contributed by atoms with Gasteiger partial charge in [0, 0.05) is 18.8 Å². The highest BCUT2D eigenvalue weighted by Gasteiger charge is 2.27. The molecular weight excluding hydrogens is 268 g/mol. The van der Waals surface area contributed by atoms with Gasteiger partial charge >= 0.3 is 5.97 Å². The molecule has 5 nitrogen and oxygen atoms in total. The third-order valence-corrected chi connectivity index (χ3v) is 3.81. The first-order valence-electron chi connectivity index (χ1n) is 7.38. The van der Waals surface area contributed by atoms with Crippen molar-refractivity contribution in [3.05, 3.63) is 29.8 Å². The van der Waals surface area contributed by atoms with Crippen molar-refractivity contribution in [1.82, 2.24) is 5.32 Å². The summed E-state index contributed by atoms with van der Waals surface area (Å²) in [5.41, 5.74) is 1.89. The zero-order chi connectivity index (χ0) is 15.2. The van der Waals surface area contributed by atoms with Gasteiger partial charge in [0.05, 0.1) is 12.3 Å². The van der Waals surface area contributed by atoms with E-state index in [0.29, 0.717) is 6.54 Å². The standard InChI is InChI=1S/C16H22N2O3/c1-12-4-6-14(7-5-12)18(10-8-15(19)20)16(21)13-3-2-9-17-11-13/h4-7,13,17H,2-3,8-11H2,1H3,(H,19,20). The van der Waals surface area contributed by atoms with E-state index >= 15 is 0 Å². The number of nitrogens with zero attached hydrogens (tertiary/aromatic N) is 1. The van der Waals surface area contributed by atoms with E-state index in [4.69, 9.17) is 5.11 Å². The number of carboxylic acids is 1. The molecular formula is C16H22N2O3. The summed E-state index contributed by atoms with van der Waals surface area (Å²) in [6, 6.07) is 7.64. The van der Waals surface area contributed by atoms with Crippen molar-refractivity contribution in [2.75, 3.05) is 24.5 Å². The summed E-state index contributed by atoms with van der Waals surface area (Å²) in [5, 5.41) is 12.1. The van der Waals surface area contributed by atoms with Crippen molar-refractivity contribution in [3.63, 3.8) is 0 Å². The van der Waals surface area contributed by atoms with Gasteiger partial charge in [-0.2, -0.15) is 0 Å². The zero-order valence-corrected chi connectivity index (χ0v) is 12.3. The molecule has 1 aromatic rings. The first-order chi connectivity index (χ1) is 10.1. The zero-order valence-electron chi connectivity index (χ0n) is 12.3. The number of carbonyl (C=O) groups is 2. The summed E-state index contributed by atoms with van der Waals surface area (Å²) >= 11 is 0. The van der Waals surface area contributed by atoms with Crippen molar-refractivity contribution >= 4 is 17.6 Å². The van der Waals surface area contributed by atoms with E-state index in [2.05, 4.69) is 5.32 Å². The van der Waals surface area contributed by atoms with E-state index in [-0.39, 0.29) is 24.8 Å². The number of anilines is 1. The maximum atomic E-state index is 12.7. The van der Waals surface area contributed by atoms with Crippen LogP contribution in [0.15, 0.2) is 24.3 Å². The molecule has 0 aliphatic carbocycles. The molecule has 5 heteroatoms. The summed E-state index contributed by atoms with van der Waals surface area (Å²) in [7, 11) is 0. The third-order valence-electron chi connectivity index (χ3n) is 3.81. The summed E-state index contributed by atoms with van der Waals surface area (Å²) in [4.78, 5) is 25.1. The number of aliphatic carboxylic acids is 1. The molecule has 1 aliphatic heterocycles. The van der Waals surface area contributed by atoms with Crippen LogP contribution in [-0.4, -0.2) is 36.6 Å². The quantitative estimate of drug-likeness (QED) is 0.867. The second-order valence-corrected chi connectivity index (χ2v) is 5.51. The molecule has 0 aromatic heterocycles. The van der Waals surface area contributed by atoms with Crippen molar-refractivity contribution in [2.45, 2.75) is 26.2 Å². The smallest absolute Gasteiger partial charge is 0.305 e. The average molecular weight is 290 g/mol. The highest BCUT2D eigenvalue weighted by Crippen LogP contribution is 2.21. The average Bonchev–Trinajstić information content (AvgIpc) is 2.49. The maximum Gasteiger partial charge on any atom is 0.305 e. The molecule has 0 spiro atoms. The van der Waals surface area contributed by atoms with Crippen molar-refractivity contribution in [2.24, 2.45) is 5.92 Å². The minimum atomic E-state index is -0.887. The fraction of sp³-hybridized carbons (Fsp3) is 0.500. The lowest BCUT2D eigenvalue weighted by atomic mass is 9.97. The monoisotopic (exact) mass is 290 g/mol. The van der Waals surface area contributed by atoms with Crippen LogP contribution in [-0.2, 0) is 9.59 Å². The lowest BCUT2D eigenvalue weighted by Crippen LogP contribution is -2.44. The molecule has 1 unspecified atom stereocenters. The molecule has 1 aromatic carbocycles. The summed E-state index contributed by atoms with van der Waals surface area (Å²) in [5.74, 6) is -0.928. The highest BCUT2D eigenvalue weighted by molar-refractivity contribution is 5.95. The number of nitrogens with one attached hydrogen (secondary N) is 1. The number of carbonyl (C=O) groups excluding carboxylic acids is 1. The molecule has 1 fully saturated rings. The van der Waals surface area contributed by atoms with E-state index in [1.807, 2.05) is 31.2 Å². The Kier molecular flexibility index (Phi) is 5.33. The summed E-state index contributed by atoms with van der Waals surface area (Å²) < 4.78 is 0. The lowest BCUT2D eigenvalue weighted by molar-refractivity contribution is -0.136. The Labute approximate surface area is 125 Å². The molecule has 0 radical (unpaired) electrons. The molecule has 0 bridgehead atoms. The SMILES string of the molecule is Cc1ccc(N(CCC(=O)O)C(=O)C2CCCNC2)cc1. The van der Waals surface area contributed by atoms with Crippen molar-refractivity contribution in [3.8, 4) is 0 Å². The highest BCUT2D eigenvalue weighted by atomic mass is 16.4. The predicted octanol–water partition coefficient (Wildman–Crippen LogP) is 1.80. The second kappa shape index (κ2) is 7.22. The Hall–Kier alpha value is -1.88. The van der Waals surface area contributed by atoms with E-state index in [1.165, 1.54) is 0 Å². The number of amides is 1. The molecule has 2 rings (SSSR count). The van der Waals surface area contributed by atoms with Gasteiger partial charge in [0.2, 0.25) is 5.91 Å². The Bertz CT molecular complexity index is 493. The Balaban J connectivity index is 2.15. The first kappa shape index (κ1) is 15.5. The van der Waals surface area contributed by atoms with E-state index < -0.39 is 5.97 Å². The molecule has 1 aliphatic rings. The van der Waals surface area contributed by atoms with Gasteiger partial charge in [0.1, 0.15) is 0 Å². The van der Waals surface area contributed by atoms with E-state index in [1.54, 1.807) is 4.90 Å². The van der Waals surface area contributed by atoms with Gasteiger partial charge < -0.3 is 15.3 Å². The van der Waals surface area contributed by atoms with E-state index in [0.717, 1.165) is 30.6 Å². The number of carboxylic acid groups (broad SMARTS) is 1. The van der Waals surface area contributed by atoms with Gasteiger partial charge in [-0.05, 0) is 38.4 Å². The Morgan fingerprint density at radius 2 is 2.05 bits per heavy atom. The molecule has 0 saturated carbocycles. The molecule has 1 amide bonds. The van der Waals surface area contributed by atoms with Gasteiger partial charge in [0.25, 0.3) is 0 Å². The van der Waals surface area contributed by atoms with Crippen LogP contribution in [0.5, 0.6) is 0 Å². The predicted molar refractivity (Wildman–Crippen MR) is 81.4 cm³/mol. The number of hydrogen-bond acceptors (Lipinski definition) is 3. The molecule has 21 heavy (non-hydrogen) atoms. The second-order valence-electron chi connectivity index (χ2n) is 5.51. The van der Waals surface area contributed by atoms with Gasteiger partial charge in [0.15, 0.2) is 0 Å². The minimum absolute atomic E-state index is 0.0207. The molecule has 1 heterocycles. The summed E-state index contributed by atoms with van der Waals surface area (Å²) in [6.45, 7) is 3.82. The Morgan fingerprint density at radius 3 is 2.62 bits per heavy atom. The number of aryl methyl sites for hydroxylation is 1. The lowest BCUT2D eigenvalue weighted by Gasteiger charge is -2.29. The van der Waals surface area contributed by atoms with Crippen LogP contribution >= 0.6 is 0 Å². The molecule has 2 N–H and O–H groups in total. The van der Waals surface area contributed by atoms with Gasteiger partial charge in [-0.1, -0.05) is 17.7 Å². The van der Waals surface area contributed by atoms with Crippen LogP contribution in [0.1, 0.15) is 24.8 Å².